The molecular formula is C22H31N5O5S. The first kappa shape index (κ1) is 24.7. The highest BCUT2D eigenvalue weighted by atomic mass is 32.2. The molecule has 1 aliphatic heterocycles. The number of aryl methyl sites for hydroxylation is 2. The first-order valence-corrected chi connectivity index (χ1v) is 12.3. The summed E-state index contributed by atoms with van der Waals surface area (Å²) in [6.07, 6.45) is 2.30. The zero-order chi connectivity index (χ0) is 24.2. The van der Waals surface area contributed by atoms with Crippen molar-refractivity contribution < 1.29 is 22.7 Å². The first-order valence-electron chi connectivity index (χ1n) is 10.9. The summed E-state index contributed by atoms with van der Waals surface area (Å²) in [5.41, 5.74) is 0.539. The van der Waals surface area contributed by atoms with Crippen molar-refractivity contribution in [1.29, 1.82) is 0 Å². The standard InChI is InChI=1S/C22H31N5O5S/c1-5-26(14-20(28)24-18-8-6-7-9-19(18)32-4)22(29)17-10-12-27(13-11-17)33(30,31)21-15-25(3)16(2)23-21/h6-9,15,17H,5,10-14H2,1-4H3,(H,24,28). The number of methoxy groups -OCH3 is 1. The van der Waals surface area contributed by atoms with Crippen molar-refractivity contribution in [2.24, 2.45) is 13.0 Å². The third-order valence-electron chi connectivity index (χ3n) is 5.90. The van der Waals surface area contributed by atoms with Crippen LogP contribution < -0.4 is 10.1 Å². The van der Waals surface area contributed by atoms with Gasteiger partial charge in [-0.05, 0) is 38.8 Å². The number of hydrogen-bond acceptors (Lipinski definition) is 6. The molecule has 2 aromatic rings. The highest BCUT2D eigenvalue weighted by Crippen LogP contribution is 2.26. The van der Waals surface area contributed by atoms with Gasteiger partial charge in [-0.25, -0.2) is 13.4 Å². The number of anilines is 1. The summed E-state index contributed by atoms with van der Waals surface area (Å²) in [7, 11) is -0.430. The maximum absolute atomic E-state index is 13.1. The van der Waals surface area contributed by atoms with E-state index >= 15 is 0 Å². The van der Waals surface area contributed by atoms with E-state index in [0.717, 1.165) is 0 Å². The van der Waals surface area contributed by atoms with Crippen molar-refractivity contribution in [1.82, 2.24) is 18.8 Å². The molecule has 10 nitrogen and oxygen atoms in total. The lowest BCUT2D eigenvalue weighted by molar-refractivity contribution is -0.139. The van der Waals surface area contributed by atoms with Gasteiger partial charge in [-0.2, -0.15) is 4.31 Å². The fourth-order valence-corrected chi connectivity index (χ4v) is 5.34. The summed E-state index contributed by atoms with van der Waals surface area (Å²) < 4.78 is 34.1. The number of para-hydroxylation sites is 2. The molecule has 0 saturated carbocycles. The number of imidazole rings is 1. The van der Waals surface area contributed by atoms with Crippen molar-refractivity contribution >= 4 is 27.5 Å². The Bertz CT molecular complexity index is 1090. The Balaban J connectivity index is 1.58. The van der Waals surface area contributed by atoms with Crippen molar-refractivity contribution in [2.45, 2.75) is 31.7 Å². The molecule has 11 heteroatoms. The Morgan fingerprint density at radius 2 is 1.91 bits per heavy atom. The number of piperidine rings is 1. The smallest absolute Gasteiger partial charge is 0.262 e. The molecule has 1 saturated heterocycles. The normalized spacial score (nSPS) is 15.3. The lowest BCUT2D eigenvalue weighted by Crippen LogP contribution is -2.46. The summed E-state index contributed by atoms with van der Waals surface area (Å²) in [5, 5.41) is 2.80. The van der Waals surface area contributed by atoms with Gasteiger partial charge in [0.1, 0.15) is 11.6 Å². The fraction of sp³-hybridized carbons (Fsp3) is 0.500. The van der Waals surface area contributed by atoms with Crippen molar-refractivity contribution in [3.05, 3.63) is 36.3 Å². The van der Waals surface area contributed by atoms with Gasteiger partial charge in [0.15, 0.2) is 5.03 Å². The van der Waals surface area contributed by atoms with Gasteiger partial charge in [-0.1, -0.05) is 12.1 Å². The molecule has 180 valence electrons. The monoisotopic (exact) mass is 477 g/mol. The number of aromatic nitrogens is 2. The summed E-state index contributed by atoms with van der Waals surface area (Å²) in [6, 6.07) is 7.06. The molecule has 1 aromatic heterocycles. The molecule has 1 aliphatic rings. The molecule has 2 heterocycles. The van der Waals surface area contributed by atoms with Gasteiger partial charge < -0.3 is 19.5 Å². The van der Waals surface area contributed by atoms with Crippen LogP contribution in [-0.4, -0.2) is 72.3 Å². The van der Waals surface area contributed by atoms with E-state index in [-0.39, 0.29) is 42.4 Å². The van der Waals surface area contributed by atoms with Gasteiger partial charge >= 0.3 is 0 Å². The molecule has 1 N–H and O–H groups in total. The first-order chi connectivity index (χ1) is 15.7. The number of sulfonamides is 1. The summed E-state index contributed by atoms with van der Waals surface area (Å²) in [4.78, 5) is 31.2. The second kappa shape index (κ2) is 10.3. The van der Waals surface area contributed by atoms with Crippen molar-refractivity contribution in [3.63, 3.8) is 0 Å². The van der Waals surface area contributed by atoms with E-state index in [2.05, 4.69) is 10.3 Å². The topological polar surface area (TPSA) is 114 Å². The van der Waals surface area contributed by atoms with E-state index in [1.165, 1.54) is 22.5 Å². The number of likely N-dealkylation sites (N-methyl/N-ethyl adjacent to an activating group) is 1. The van der Waals surface area contributed by atoms with E-state index in [1.807, 2.05) is 6.92 Å². The van der Waals surface area contributed by atoms with E-state index < -0.39 is 10.0 Å². The van der Waals surface area contributed by atoms with Gasteiger partial charge in [0, 0.05) is 38.8 Å². The summed E-state index contributed by atoms with van der Waals surface area (Å²) >= 11 is 0. The van der Waals surface area contributed by atoms with Crippen LogP contribution in [0.1, 0.15) is 25.6 Å². The number of nitrogens with one attached hydrogen (secondary N) is 1. The molecule has 0 atom stereocenters. The Kier molecular flexibility index (Phi) is 7.75. The minimum absolute atomic E-state index is 0.0236. The van der Waals surface area contributed by atoms with Crippen LogP contribution in [-0.2, 0) is 26.7 Å². The van der Waals surface area contributed by atoms with Gasteiger partial charge in [-0.15, -0.1) is 0 Å². The maximum atomic E-state index is 13.1. The summed E-state index contributed by atoms with van der Waals surface area (Å²) in [5.74, 6) is 0.361. The summed E-state index contributed by atoms with van der Waals surface area (Å²) in [6.45, 7) is 4.33. The maximum Gasteiger partial charge on any atom is 0.262 e. The molecule has 1 fully saturated rings. The van der Waals surface area contributed by atoms with Crippen LogP contribution in [0.2, 0.25) is 0 Å². The predicted octanol–water partition coefficient (Wildman–Crippen LogP) is 1.63. The minimum Gasteiger partial charge on any atom is -0.495 e. The molecule has 0 spiro atoms. The number of amides is 2. The zero-order valence-electron chi connectivity index (χ0n) is 19.4. The third kappa shape index (κ3) is 5.53. The lowest BCUT2D eigenvalue weighted by Gasteiger charge is -2.32. The van der Waals surface area contributed by atoms with Crippen LogP contribution >= 0.6 is 0 Å². The molecule has 3 rings (SSSR count). The second-order valence-corrected chi connectivity index (χ2v) is 9.90. The molecule has 0 unspecified atom stereocenters. The largest absolute Gasteiger partial charge is 0.495 e. The molecule has 0 aliphatic carbocycles. The quantitative estimate of drug-likeness (QED) is 0.618. The molecule has 2 amide bonds. The minimum atomic E-state index is -3.70. The number of nitrogens with zero attached hydrogens (tertiary/aromatic N) is 4. The number of rotatable bonds is 8. The average molecular weight is 478 g/mol. The van der Waals surface area contributed by atoms with Crippen LogP contribution in [0.5, 0.6) is 5.75 Å². The second-order valence-electron chi connectivity index (χ2n) is 8.02. The number of carbonyl (C=O) groups is 2. The van der Waals surface area contributed by atoms with Gasteiger partial charge in [-0.3, -0.25) is 9.59 Å². The van der Waals surface area contributed by atoms with Crippen molar-refractivity contribution in [2.75, 3.05) is 38.6 Å². The van der Waals surface area contributed by atoms with Gasteiger partial charge in [0.25, 0.3) is 10.0 Å². The Morgan fingerprint density at radius 1 is 1.24 bits per heavy atom. The van der Waals surface area contributed by atoms with E-state index in [1.54, 1.807) is 42.8 Å². The van der Waals surface area contributed by atoms with E-state index in [4.69, 9.17) is 4.74 Å². The fourth-order valence-electron chi connectivity index (χ4n) is 3.84. The number of hydrogen-bond donors (Lipinski definition) is 1. The van der Waals surface area contributed by atoms with Crippen LogP contribution in [0.4, 0.5) is 5.69 Å². The number of ether oxygens (including phenoxy) is 1. The lowest BCUT2D eigenvalue weighted by atomic mass is 9.96. The SMILES string of the molecule is CCN(CC(=O)Nc1ccccc1OC)C(=O)C1CCN(S(=O)(=O)c2cn(C)c(C)n2)CC1. The molecule has 0 bridgehead atoms. The number of carbonyl (C=O) groups excluding carboxylic acids is 2. The molecule has 0 radical (unpaired) electrons. The predicted molar refractivity (Wildman–Crippen MR) is 123 cm³/mol. The van der Waals surface area contributed by atoms with Gasteiger partial charge in [0.2, 0.25) is 11.8 Å². The van der Waals surface area contributed by atoms with Crippen LogP contribution in [0, 0.1) is 12.8 Å². The highest BCUT2D eigenvalue weighted by molar-refractivity contribution is 7.89. The Morgan fingerprint density at radius 3 is 2.48 bits per heavy atom. The van der Waals surface area contributed by atoms with Gasteiger partial charge in [0.05, 0.1) is 19.3 Å². The van der Waals surface area contributed by atoms with Crippen LogP contribution in [0.25, 0.3) is 0 Å². The van der Waals surface area contributed by atoms with Crippen molar-refractivity contribution in [3.8, 4) is 5.75 Å². The van der Waals surface area contributed by atoms with E-state index in [0.29, 0.717) is 36.6 Å². The molecule has 1 aromatic carbocycles. The Labute approximate surface area is 194 Å². The zero-order valence-corrected chi connectivity index (χ0v) is 20.3. The molecular weight excluding hydrogens is 446 g/mol. The third-order valence-corrected chi connectivity index (χ3v) is 7.67. The Hall–Kier alpha value is -2.92. The number of benzene rings is 1. The van der Waals surface area contributed by atoms with Crippen LogP contribution in [0.15, 0.2) is 35.5 Å². The molecule has 33 heavy (non-hydrogen) atoms. The highest BCUT2D eigenvalue weighted by Gasteiger charge is 2.35. The van der Waals surface area contributed by atoms with Crippen LogP contribution in [0.3, 0.4) is 0 Å². The van der Waals surface area contributed by atoms with E-state index in [9.17, 15) is 18.0 Å². The average Bonchev–Trinajstić information content (AvgIpc) is 3.16.